The molecule has 0 aromatic heterocycles. The molecular formula is C9H20Cl2N2O. The summed E-state index contributed by atoms with van der Waals surface area (Å²) in [4.78, 5) is 10.6. The molecule has 14 heavy (non-hydrogen) atoms. The molecule has 1 amide bonds. The summed E-state index contributed by atoms with van der Waals surface area (Å²) < 4.78 is 0. The number of nitrogens with one attached hydrogen (secondary N) is 2. The number of halogens is 2. The summed E-state index contributed by atoms with van der Waals surface area (Å²) >= 11 is 0. The van der Waals surface area contributed by atoms with Crippen LogP contribution in [-0.2, 0) is 4.79 Å². The van der Waals surface area contributed by atoms with Gasteiger partial charge in [0.2, 0.25) is 5.91 Å². The molecule has 1 aliphatic heterocycles. The van der Waals surface area contributed by atoms with Crippen molar-refractivity contribution in [1.82, 2.24) is 10.6 Å². The van der Waals surface area contributed by atoms with Gasteiger partial charge in [-0.3, -0.25) is 4.79 Å². The Kier molecular flexibility index (Phi) is 11.2. The Morgan fingerprint density at radius 1 is 1.36 bits per heavy atom. The van der Waals surface area contributed by atoms with Crippen LogP contribution < -0.4 is 10.6 Å². The average Bonchev–Trinajstić information content (AvgIpc) is 2.05. The van der Waals surface area contributed by atoms with Crippen molar-refractivity contribution in [2.45, 2.75) is 26.2 Å². The molecule has 5 heteroatoms. The highest BCUT2D eigenvalue weighted by atomic mass is 35.5. The van der Waals surface area contributed by atoms with Gasteiger partial charge in [-0.2, -0.15) is 0 Å². The topological polar surface area (TPSA) is 41.1 Å². The second-order valence-electron chi connectivity index (χ2n) is 3.47. The van der Waals surface area contributed by atoms with E-state index in [0.717, 1.165) is 32.0 Å². The Morgan fingerprint density at radius 2 is 1.93 bits per heavy atom. The first-order chi connectivity index (χ1) is 5.79. The molecule has 1 aliphatic rings. The van der Waals surface area contributed by atoms with Crippen LogP contribution in [0.2, 0.25) is 0 Å². The van der Waals surface area contributed by atoms with Gasteiger partial charge >= 0.3 is 0 Å². The van der Waals surface area contributed by atoms with E-state index in [4.69, 9.17) is 0 Å². The van der Waals surface area contributed by atoms with Gasteiger partial charge in [0, 0.05) is 13.5 Å². The highest BCUT2D eigenvalue weighted by Crippen LogP contribution is 2.14. The molecule has 0 aliphatic carbocycles. The molecule has 0 aromatic carbocycles. The van der Waals surface area contributed by atoms with Crippen molar-refractivity contribution in [3.05, 3.63) is 0 Å². The van der Waals surface area contributed by atoms with E-state index in [2.05, 4.69) is 10.6 Å². The van der Waals surface area contributed by atoms with Crippen molar-refractivity contribution in [3.8, 4) is 0 Å². The Hall–Kier alpha value is 0.01000. The van der Waals surface area contributed by atoms with Gasteiger partial charge in [-0.05, 0) is 38.3 Å². The van der Waals surface area contributed by atoms with E-state index >= 15 is 0 Å². The summed E-state index contributed by atoms with van der Waals surface area (Å²) in [5.74, 6) is 0.905. The standard InChI is InChI=1S/C9H18N2O.2ClH/c1-8(12)11-7-4-9-2-5-10-6-3-9;;/h9-10H,2-7H2,1H3,(H,11,12);2*1H. The third-order valence-corrected chi connectivity index (χ3v) is 2.39. The second kappa shape index (κ2) is 9.56. The van der Waals surface area contributed by atoms with Crippen LogP contribution in [-0.4, -0.2) is 25.5 Å². The summed E-state index contributed by atoms with van der Waals surface area (Å²) in [5.41, 5.74) is 0. The lowest BCUT2D eigenvalue weighted by molar-refractivity contribution is -0.119. The predicted octanol–water partition coefficient (Wildman–Crippen LogP) is 1.36. The van der Waals surface area contributed by atoms with E-state index in [0.29, 0.717) is 0 Å². The van der Waals surface area contributed by atoms with E-state index in [1.54, 1.807) is 6.92 Å². The molecule has 86 valence electrons. The fourth-order valence-corrected chi connectivity index (χ4v) is 1.62. The van der Waals surface area contributed by atoms with Gasteiger partial charge in [0.1, 0.15) is 0 Å². The maximum atomic E-state index is 10.6. The summed E-state index contributed by atoms with van der Waals surface area (Å²) in [7, 11) is 0. The van der Waals surface area contributed by atoms with Crippen LogP contribution in [0.1, 0.15) is 26.2 Å². The minimum absolute atomic E-state index is 0. The molecule has 0 radical (unpaired) electrons. The van der Waals surface area contributed by atoms with Crippen molar-refractivity contribution in [2.24, 2.45) is 5.92 Å². The minimum atomic E-state index is 0. The Labute approximate surface area is 98.2 Å². The van der Waals surface area contributed by atoms with Crippen molar-refractivity contribution < 1.29 is 4.79 Å². The molecule has 1 fully saturated rings. The van der Waals surface area contributed by atoms with Gasteiger partial charge in [-0.25, -0.2) is 0 Å². The van der Waals surface area contributed by atoms with Gasteiger partial charge in [0.05, 0.1) is 0 Å². The van der Waals surface area contributed by atoms with E-state index in [1.165, 1.54) is 12.8 Å². The zero-order valence-electron chi connectivity index (χ0n) is 8.54. The SMILES string of the molecule is CC(=O)NCCC1CCNCC1.Cl.Cl. The Bertz CT molecular complexity index is 150. The molecule has 0 bridgehead atoms. The second-order valence-corrected chi connectivity index (χ2v) is 3.47. The quantitative estimate of drug-likeness (QED) is 0.785. The normalized spacial score (nSPS) is 16.4. The third-order valence-electron chi connectivity index (χ3n) is 2.39. The zero-order chi connectivity index (χ0) is 8.81. The van der Waals surface area contributed by atoms with Crippen LogP contribution in [0, 0.1) is 5.92 Å². The first kappa shape index (κ1) is 16.4. The molecule has 1 saturated heterocycles. The van der Waals surface area contributed by atoms with Crippen molar-refractivity contribution >= 4 is 30.7 Å². The fraction of sp³-hybridized carbons (Fsp3) is 0.889. The largest absolute Gasteiger partial charge is 0.356 e. The summed E-state index contributed by atoms with van der Waals surface area (Å²) in [6.07, 6.45) is 3.67. The molecule has 0 saturated carbocycles. The molecule has 1 heterocycles. The highest BCUT2D eigenvalue weighted by Gasteiger charge is 2.11. The number of amides is 1. The van der Waals surface area contributed by atoms with E-state index in [1.807, 2.05) is 0 Å². The molecule has 2 N–H and O–H groups in total. The third kappa shape index (κ3) is 7.42. The van der Waals surface area contributed by atoms with Crippen LogP contribution in [0.5, 0.6) is 0 Å². The number of carbonyl (C=O) groups excluding carboxylic acids is 1. The molecule has 0 atom stereocenters. The lowest BCUT2D eigenvalue weighted by atomic mass is 9.95. The zero-order valence-corrected chi connectivity index (χ0v) is 10.2. The lowest BCUT2D eigenvalue weighted by Crippen LogP contribution is -2.30. The fourth-order valence-electron chi connectivity index (χ4n) is 1.62. The molecule has 1 rings (SSSR count). The summed E-state index contributed by atoms with van der Waals surface area (Å²) in [6.45, 7) is 4.71. The predicted molar refractivity (Wildman–Crippen MR) is 63.4 cm³/mol. The van der Waals surface area contributed by atoms with Crippen LogP contribution in [0.3, 0.4) is 0 Å². The Balaban J connectivity index is 0. The van der Waals surface area contributed by atoms with Gasteiger partial charge in [0.25, 0.3) is 0 Å². The van der Waals surface area contributed by atoms with Gasteiger partial charge < -0.3 is 10.6 Å². The molecule has 0 unspecified atom stereocenters. The smallest absolute Gasteiger partial charge is 0.216 e. The number of hydrogen-bond donors (Lipinski definition) is 2. The van der Waals surface area contributed by atoms with E-state index in [-0.39, 0.29) is 30.7 Å². The molecule has 0 aromatic rings. The van der Waals surface area contributed by atoms with Gasteiger partial charge in [-0.15, -0.1) is 24.8 Å². The average molecular weight is 243 g/mol. The van der Waals surface area contributed by atoms with Crippen LogP contribution >= 0.6 is 24.8 Å². The number of carbonyl (C=O) groups is 1. The monoisotopic (exact) mass is 242 g/mol. The first-order valence-electron chi connectivity index (χ1n) is 4.74. The Morgan fingerprint density at radius 3 is 2.43 bits per heavy atom. The lowest BCUT2D eigenvalue weighted by Gasteiger charge is -2.22. The highest BCUT2D eigenvalue weighted by molar-refractivity contribution is 5.85. The maximum Gasteiger partial charge on any atom is 0.216 e. The van der Waals surface area contributed by atoms with Gasteiger partial charge in [-0.1, -0.05) is 0 Å². The molecule has 0 spiro atoms. The molecule has 3 nitrogen and oxygen atoms in total. The minimum Gasteiger partial charge on any atom is -0.356 e. The number of rotatable bonds is 3. The number of hydrogen-bond acceptors (Lipinski definition) is 2. The van der Waals surface area contributed by atoms with E-state index < -0.39 is 0 Å². The van der Waals surface area contributed by atoms with Crippen molar-refractivity contribution in [1.29, 1.82) is 0 Å². The van der Waals surface area contributed by atoms with Gasteiger partial charge in [0.15, 0.2) is 0 Å². The van der Waals surface area contributed by atoms with E-state index in [9.17, 15) is 4.79 Å². The van der Waals surface area contributed by atoms with Crippen LogP contribution in [0.15, 0.2) is 0 Å². The first-order valence-corrected chi connectivity index (χ1v) is 4.74. The molecular weight excluding hydrogens is 223 g/mol. The summed E-state index contributed by atoms with van der Waals surface area (Å²) in [6, 6.07) is 0. The maximum absolute atomic E-state index is 10.6. The van der Waals surface area contributed by atoms with Crippen LogP contribution in [0.4, 0.5) is 0 Å². The van der Waals surface area contributed by atoms with Crippen LogP contribution in [0.25, 0.3) is 0 Å². The summed E-state index contributed by atoms with van der Waals surface area (Å²) in [5, 5.41) is 6.16. The van der Waals surface area contributed by atoms with Crippen molar-refractivity contribution in [2.75, 3.05) is 19.6 Å². The number of piperidine rings is 1. The van der Waals surface area contributed by atoms with Crippen molar-refractivity contribution in [3.63, 3.8) is 0 Å².